The van der Waals surface area contributed by atoms with Gasteiger partial charge in [-0.3, -0.25) is 19.7 Å². The van der Waals surface area contributed by atoms with E-state index < -0.39 is 11.9 Å². The lowest BCUT2D eigenvalue weighted by Crippen LogP contribution is -2.51. The number of nitrogens with zero attached hydrogens (tertiary/aromatic N) is 2. The largest absolute Gasteiger partial charge is 0.375 e. The van der Waals surface area contributed by atoms with E-state index in [2.05, 4.69) is 10.2 Å². The highest BCUT2D eigenvalue weighted by Gasteiger charge is 2.32. The van der Waals surface area contributed by atoms with Gasteiger partial charge in [-0.2, -0.15) is 0 Å². The van der Waals surface area contributed by atoms with Crippen LogP contribution in [0.25, 0.3) is 0 Å². The van der Waals surface area contributed by atoms with Gasteiger partial charge in [0.15, 0.2) is 5.82 Å². The van der Waals surface area contributed by atoms with Crippen LogP contribution >= 0.6 is 0 Å². The highest BCUT2D eigenvalue weighted by atomic mass is 19.1. The molecule has 1 aromatic carbocycles. The Morgan fingerprint density at radius 2 is 1.79 bits per heavy atom. The van der Waals surface area contributed by atoms with Crippen molar-refractivity contribution < 1.29 is 23.5 Å². The van der Waals surface area contributed by atoms with Gasteiger partial charge >= 0.3 is 0 Å². The van der Waals surface area contributed by atoms with E-state index in [4.69, 9.17) is 4.74 Å². The average Bonchev–Trinajstić information content (AvgIpc) is 2.81. The number of halogens is 1. The highest BCUT2D eigenvalue weighted by molar-refractivity contribution is 6.00. The third kappa shape index (κ3) is 5.54. The fraction of sp³-hybridized carbons (Fsp3) is 0.640. The lowest BCUT2D eigenvalue weighted by molar-refractivity contribution is -0.141. The minimum absolute atomic E-state index is 0.0114. The molecule has 0 radical (unpaired) electrons. The van der Waals surface area contributed by atoms with Crippen molar-refractivity contribution in [2.75, 3.05) is 18.0 Å². The van der Waals surface area contributed by atoms with E-state index in [-0.39, 0.29) is 37.2 Å². The maximum Gasteiger partial charge on any atom is 0.249 e. The van der Waals surface area contributed by atoms with Crippen LogP contribution < -0.4 is 10.2 Å². The van der Waals surface area contributed by atoms with Crippen molar-refractivity contribution in [3.8, 4) is 0 Å². The predicted molar refractivity (Wildman–Crippen MR) is 122 cm³/mol. The summed E-state index contributed by atoms with van der Waals surface area (Å²) >= 11 is 0. The van der Waals surface area contributed by atoms with Crippen LogP contribution in [0.3, 0.4) is 0 Å². The Morgan fingerprint density at radius 3 is 2.45 bits per heavy atom. The zero-order chi connectivity index (χ0) is 23.4. The van der Waals surface area contributed by atoms with Crippen LogP contribution in [-0.2, 0) is 25.7 Å². The van der Waals surface area contributed by atoms with Crippen LogP contribution in [0.2, 0.25) is 0 Å². The molecule has 7 nitrogen and oxygen atoms in total. The first-order chi connectivity index (χ1) is 16.0. The molecule has 4 rings (SSSR count). The topological polar surface area (TPSA) is 79.0 Å². The number of imide groups is 1. The number of nitrogens with one attached hydrogen (secondary N) is 1. The van der Waals surface area contributed by atoms with Gasteiger partial charge in [-0.05, 0) is 50.7 Å². The van der Waals surface area contributed by atoms with Gasteiger partial charge in [0.05, 0.1) is 17.9 Å². The fourth-order valence-electron chi connectivity index (χ4n) is 5.25. The zero-order valence-corrected chi connectivity index (χ0v) is 19.4. The van der Waals surface area contributed by atoms with E-state index in [0.717, 1.165) is 44.3 Å². The molecular weight excluding hydrogens is 425 g/mol. The maximum atomic E-state index is 15.6. The molecule has 1 N–H and O–H groups in total. The van der Waals surface area contributed by atoms with Crippen molar-refractivity contribution in [3.63, 3.8) is 0 Å². The smallest absolute Gasteiger partial charge is 0.249 e. The van der Waals surface area contributed by atoms with Crippen molar-refractivity contribution >= 4 is 23.9 Å². The first-order valence-electron chi connectivity index (χ1n) is 12.2. The molecule has 1 aliphatic carbocycles. The Labute approximate surface area is 194 Å². The molecule has 33 heavy (non-hydrogen) atoms. The Kier molecular flexibility index (Phi) is 7.63. The second-order valence-corrected chi connectivity index (χ2v) is 9.52. The molecule has 3 amide bonds. The summed E-state index contributed by atoms with van der Waals surface area (Å²) in [7, 11) is 0. The Hall–Kier alpha value is -2.48. The Morgan fingerprint density at radius 1 is 1.09 bits per heavy atom. The number of ether oxygens (including phenoxy) is 1. The number of anilines is 1. The number of amides is 3. The number of carbonyl (C=O) groups is 3. The van der Waals surface area contributed by atoms with E-state index in [1.807, 2.05) is 6.07 Å². The molecule has 2 aliphatic heterocycles. The van der Waals surface area contributed by atoms with Crippen molar-refractivity contribution in [3.05, 3.63) is 29.1 Å². The molecule has 0 spiro atoms. The van der Waals surface area contributed by atoms with Gasteiger partial charge in [0.25, 0.3) is 0 Å². The van der Waals surface area contributed by atoms with Crippen LogP contribution in [0.1, 0.15) is 68.9 Å². The van der Waals surface area contributed by atoms with Gasteiger partial charge in [0.1, 0.15) is 6.04 Å². The maximum absolute atomic E-state index is 15.6. The number of hydrogen-bond donors (Lipinski definition) is 1. The number of benzene rings is 1. The van der Waals surface area contributed by atoms with Gasteiger partial charge in [0.2, 0.25) is 18.2 Å². The summed E-state index contributed by atoms with van der Waals surface area (Å²) in [6.07, 6.45) is 9.43. The Balaban J connectivity index is 1.42. The monoisotopic (exact) mass is 459 g/mol. The van der Waals surface area contributed by atoms with Gasteiger partial charge in [-0.1, -0.05) is 25.3 Å². The molecule has 180 valence electrons. The van der Waals surface area contributed by atoms with E-state index in [9.17, 15) is 14.4 Å². The molecule has 1 unspecified atom stereocenters. The molecule has 3 aliphatic rings. The van der Waals surface area contributed by atoms with E-state index in [0.29, 0.717) is 23.8 Å². The number of carbonyl (C=O) groups excluding carboxylic acids is 3. The van der Waals surface area contributed by atoms with Crippen molar-refractivity contribution in [2.24, 2.45) is 0 Å². The number of hydrogen-bond acceptors (Lipinski definition) is 5. The summed E-state index contributed by atoms with van der Waals surface area (Å²) in [6, 6.07) is 2.90. The summed E-state index contributed by atoms with van der Waals surface area (Å²) in [5.41, 5.74) is 1.66. The zero-order valence-electron chi connectivity index (χ0n) is 19.4. The number of piperidine rings is 2. The number of rotatable bonds is 7. The molecule has 0 bridgehead atoms. The van der Waals surface area contributed by atoms with E-state index >= 15 is 4.39 Å². The normalized spacial score (nSPS) is 22.8. The van der Waals surface area contributed by atoms with Crippen molar-refractivity contribution in [1.29, 1.82) is 0 Å². The molecule has 0 aromatic heterocycles. The third-order valence-electron chi connectivity index (χ3n) is 7.26. The number of aryl methyl sites for hydroxylation is 1. The van der Waals surface area contributed by atoms with Crippen molar-refractivity contribution in [2.45, 2.75) is 89.5 Å². The van der Waals surface area contributed by atoms with Crippen LogP contribution in [0.5, 0.6) is 0 Å². The van der Waals surface area contributed by atoms with Crippen LogP contribution in [0, 0.1) is 12.7 Å². The molecule has 2 saturated heterocycles. The molecule has 2 heterocycles. The molecular formula is C25H34FN3O4. The summed E-state index contributed by atoms with van der Waals surface area (Å²) < 4.78 is 22.0. The summed E-state index contributed by atoms with van der Waals surface area (Å²) in [6.45, 7) is 3.24. The predicted octanol–water partition coefficient (Wildman–Crippen LogP) is 3.22. The van der Waals surface area contributed by atoms with Crippen molar-refractivity contribution in [1.82, 2.24) is 10.2 Å². The second-order valence-electron chi connectivity index (χ2n) is 9.52. The molecule has 3 fully saturated rings. The molecule has 1 saturated carbocycles. The summed E-state index contributed by atoms with van der Waals surface area (Å²) in [4.78, 5) is 38.7. The molecule has 1 aromatic rings. The summed E-state index contributed by atoms with van der Waals surface area (Å²) in [5.74, 6) is -1.20. The molecule has 8 heteroatoms. The summed E-state index contributed by atoms with van der Waals surface area (Å²) in [5, 5.41) is 2.26. The fourth-order valence-corrected chi connectivity index (χ4v) is 5.25. The lowest BCUT2D eigenvalue weighted by atomic mass is 9.97. The third-order valence-corrected chi connectivity index (χ3v) is 7.26. The van der Waals surface area contributed by atoms with Gasteiger partial charge in [0, 0.05) is 31.6 Å². The first kappa shape index (κ1) is 23.7. The standard InChI is InChI=1S/C25H34FN3O4/c1-17-7-8-21(28-13-11-19(12-14-28)33-18-5-3-2-4-6-18)24(26)20(17)15-29(16-30)22-9-10-23(31)27-25(22)32/h7-8,16,18-19,22H,2-6,9-15H2,1H3,(H,27,31,32). The highest BCUT2D eigenvalue weighted by Crippen LogP contribution is 2.31. The quantitative estimate of drug-likeness (QED) is 0.500. The van der Waals surface area contributed by atoms with E-state index in [1.165, 1.54) is 24.2 Å². The average molecular weight is 460 g/mol. The molecule has 1 atom stereocenters. The van der Waals surface area contributed by atoms with Gasteiger partial charge < -0.3 is 14.5 Å². The van der Waals surface area contributed by atoms with Crippen LogP contribution in [0.4, 0.5) is 10.1 Å². The van der Waals surface area contributed by atoms with Crippen LogP contribution in [0.15, 0.2) is 12.1 Å². The SMILES string of the molecule is Cc1ccc(N2CCC(OC3CCCCC3)CC2)c(F)c1CN(C=O)C1CCC(=O)NC1=O. The lowest BCUT2D eigenvalue weighted by Gasteiger charge is -2.36. The van der Waals surface area contributed by atoms with Gasteiger partial charge in [-0.15, -0.1) is 0 Å². The minimum atomic E-state index is -0.768. The second kappa shape index (κ2) is 10.6. The first-order valence-corrected chi connectivity index (χ1v) is 12.2. The Bertz CT molecular complexity index is 879. The van der Waals surface area contributed by atoms with Crippen LogP contribution in [-0.4, -0.2) is 54.5 Å². The van der Waals surface area contributed by atoms with E-state index in [1.54, 1.807) is 13.0 Å². The van der Waals surface area contributed by atoms with Gasteiger partial charge in [-0.25, -0.2) is 4.39 Å². The minimum Gasteiger partial charge on any atom is -0.375 e.